The predicted molar refractivity (Wildman–Crippen MR) is 95.4 cm³/mol. The third-order valence-corrected chi connectivity index (χ3v) is 4.73. The summed E-state index contributed by atoms with van der Waals surface area (Å²) in [5.74, 6) is 0.0748. The molecule has 2 saturated heterocycles. The molecule has 0 radical (unpaired) electrons. The number of hydrogen-bond donors (Lipinski definition) is 1. The Labute approximate surface area is 147 Å². The van der Waals surface area contributed by atoms with Crippen LogP contribution < -0.4 is 10.2 Å². The monoisotopic (exact) mass is 344 g/mol. The summed E-state index contributed by atoms with van der Waals surface area (Å²) in [7, 11) is 0. The number of anilines is 2. The van der Waals surface area contributed by atoms with Crippen molar-refractivity contribution in [2.45, 2.75) is 19.8 Å². The maximum Gasteiger partial charge on any atom is 0.238 e. The first kappa shape index (κ1) is 17.4. The molecule has 2 heterocycles. The highest BCUT2D eigenvalue weighted by Gasteiger charge is 2.25. The number of rotatable bonds is 4. The van der Waals surface area contributed by atoms with Gasteiger partial charge < -0.3 is 15.1 Å². The zero-order chi connectivity index (χ0) is 17.8. The molecule has 7 nitrogen and oxygen atoms in total. The molecule has 134 valence electrons. The number of carbonyl (C=O) groups is 3. The quantitative estimate of drug-likeness (QED) is 0.881. The number of hydrogen-bond acceptors (Lipinski definition) is 4. The molecule has 0 spiro atoms. The standard InChI is InChI=1S/C18H24N4O3/c1-14(23)21-11-9-20(10-12-21)13-17(24)19-15-5-2-3-6-16(15)22-8-4-7-18(22)25/h2-3,5-6H,4,7-13H2,1H3,(H,19,24). The minimum Gasteiger partial charge on any atom is -0.340 e. The second-order valence-electron chi connectivity index (χ2n) is 6.50. The van der Waals surface area contributed by atoms with Gasteiger partial charge in [0.25, 0.3) is 0 Å². The topological polar surface area (TPSA) is 73.0 Å². The highest BCUT2D eigenvalue weighted by Crippen LogP contribution is 2.29. The van der Waals surface area contributed by atoms with Gasteiger partial charge in [-0.3, -0.25) is 19.3 Å². The molecular formula is C18H24N4O3. The van der Waals surface area contributed by atoms with E-state index in [-0.39, 0.29) is 24.3 Å². The molecule has 0 aliphatic carbocycles. The zero-order valence-electron chi connectivity index (χ0n) is 14.5. The van der Waals surface area contributed by atoms with Crippen LogP contribution in [0.15, 0.2) is 24.3 Å². The van der Waals surface area contributed by atoms with E-state index in [4.69, 9.17) is 0 Å². The molecule has 2 aliphatic rings. The van der Waals surface area contributed by atoms with Gasteiger partial charge in [0.05, 0.1) is 17.9 Å². The summed E-state index contributed by atoms with van der Waals surface area (Å²) in [5, 5.41) is 2.93. The third-order valence-electron chi connectivity index (χ3n) is 4.73. The molecule has 0 saturated carbocycles. The molecule has 7 heteroatoms. The lowest BCUT2D eigenvalue weighted by Crippen LogP contribution is -2.49. The van der Waals surface area contributed by atoms with Gasteiger partial charge in [0.15, 0.2) is 0 Å². The van der Waals surface area contributed by atoms with E-state index in [9.17, 15) is 14.4 Å². The number of amides is 3. The minimum atomic E-state index is -0.102. The molecule has 25 heavy (non-hydrogen) atoms. The molecule has 0 aromatic heterocycles. The Morgan fingerprint density at radius 1 is 1.08 bits per heavy atom. The van der Waals surface area contributed by atoms with Crippen molar-refractivity contribution in [3.05, 3.63) is 24.3 Å². The van der Waals surface area contributed by atoms with Gasteiger partial charge >= 0.3 is 0 Å². The van der Waals surface area contributed by atoms with Crippen molar-refractivity contribution in [2.75, 3.05) is 49.5 Å². The van der Waals surface area contributed by atoms with Crippen molar-refractivity contribution in [2.24, 2.45) is 0 Å². The maximum atomic E-state index is 12.4. The predicted octanol–water partition coefficient (Wildman–Crippen LogP) is 0.916. The van der Waals surface area contributed by atoms with Gasteiger partial charge in [-0.2, -0.15) is 0 Å². The average Bonchev–Trinajstić information content (AvgIpc) is 3.01. The van der Waals surface area contributed by atoms with E-state index >= 15 is 0 Å². The largest absolute Gasteiger partial charge is 0.340 e. The Kier molecular flexibility index (Phi) is 5.33. The van der Waals surface area contributed by atoms with Crippen LogP contribution in [0.2, 0.25) is 0 Å². The van der Waals surface area contributed by atoms with Gasteiger partial charge in [-0.1, -0.05) is 12.1 Å². The van der Waals surface area contributed by atoms with Crippen molar-refractivity contribution in [3.8, 4) is 0 Å². The second kappa shape index (κ2) is 7.65. The first-order valence-corrected chi connectivity index (χ1v) is 8.72. The second-order valence-corrected chi connectivity index (χ2v) is 6.50. The van der Waals surface area contributed by atoms with Gasteiger partial charge in [0.1, 0.15) is 0 Å². The summed E-state index contributed by atoms with van der Waals surface area (Å²) in [6.07, 6.45) is 1.41. The Balaban J connectivity index is 1.59. The van der Waals surface area contributed by atoms with E-state index < -0.39 is 0 Å². The number of piperazine rings is 1. The molecule has 1 N–H and O–H groups in total. The fourth-order valence-electron chi connectivity index (χ4n) is 3.33. The van der Waals surface area contributed by atoms with Crippen LogP contribution in [0.5, 0.6) is 0 Å². The molecule has 0 unspecified atom stereocenters. The Morgan fingerprint density at radius 2 is 1.80 bits per heavy atom. The zero-order valence-corrected chi connectivity index (χ0v) is 14.5. The first-order valence-electron chi connectivity index (χ1n) is 8.72. The minimum absolute atomic E-state index is 0.0771. The molecular weight excluding hydrogens is 320 g/mol. The highest BCUT2D eigenvalue weighted by molar-refractivity contribution is 6.02. The number of carbonyl (C=O) groups excluding carboxylic acids is 3. The fourth-order valence-corrected chi connectivity index (χ4v) is 3.33. The van der Waals surface area contributed by atoms with Crippen LogP contribution in [-0.4, -0.2) is 66.8 Å². The Morgan fingerprint density at radius 3 is 2.44 bits per heavy atom. The van der Waals surface area contributed by atoms with Crippen LogP contribution in [0.1, 0.15) is 19.8 Å². The number of nitrogens with one attached hydrogen (secondary N) is 1. The lowest BCUT2D eigenvalue weighted by atomic mass is 10.2. The summed E-state index contributed by atoms with van der Waals surface area (Å²) >= 11 is 0. The molecule has 2 aliphatic heterocycles. The van der Waals surface area contributed by atoms with E-state index in [0.717, 1.165) is 12.1 Å². The summed E-state index contributed by atoms with van der Waals surface area (Å²) in [6, 6.07) is 7.42. The number of nitrogens with zero attached hydrogens (tertiary/aromatic N) is 3. The summed E-state index contributed by atoms with van der Waals surface area (Å²) in [4.78, 5) is 41.3. The van der Waals surface area contributed by atoms with Crippen molar-refractivity contribution >= 4 is 29.1 Å². The van der Waals surface area contributed by atoms with Crippen LogP contribution in [0.4, 0.5) is 11.4 Å². The van der Waals surface area contributed by atoms with Gasteiger partial charge in [0.2, 0.25) is 17.7 Å². The van der Waals surface area contributed by atoms with E-state index in [1.807, 2.05) is 29.2 Å². The smallest absolute Gasteiger partial charge is 0.238 e. The van der Waals surface area contributed by atoms with E-state index in [1.165, 1.54) is 0 Å². The molecule has 3 amide bonds. The summed E-state index contributed by atoms with van der Waals surface area (Å²) in [6.45, 7) is 5.24. The van der Waals surface area contributed by atoms with Crippen LogP contribution in [0.25, 0.3) is 0 Å². The molecule has 1 aromatic rings. The first-order chi connectivity index (χ1) is 12.0. The summed E-state index contributed by atoms with van der Waals surface area (Å²) < 4.78 is 0. The van der Waals surface area contributed by atoms with Gasteiger partial charge in [-0.05, 0) is 18.6 Å². The van der Waals surface area contributed by atoms with Gasteiger partial charge in [-0.15, -0.1) is 0 Å². The fraction of sp³-hybridized carbons (Fsp3) is 0.500. The van der Waals surface area contributed by atoms with Crippen LogP contribution in [0.3, 0.4) is 0 Å². The van der Waals surface area contributed by atoms with E-state index in [1.54, 1.807) is 16.7 Å². The highest BCUT2D eigenvalue weighted by atomic mass is 16.2. The van der Waals surface area contributed by atoms with Crippen LogP contribution in [-0.2, 0) is 14.4 Å². The lowest BCUT2D eigenvalue weighted by Gasteiger charge is -2.33. The van der Waals surface area contributed by atoms with Crippen molar-refractivity contribution in [1.82, 2.24) is 9.80 Å². The SMILES string of the molecule is CC(=O)N1CCN(CC(=O)Nc2ccccc2N2CCCC2=O)CC1. The summed E-state index contributed by atoms with van der Waals surface area (Å²) in [5.41, 5.74) is 1.44. The van der Waals surface area contributed by atoms with Crippen molar-refractivity contribution in [3.63, 3.8) is 0 Å². The molecule has 0 bridgehead atoms. The van der Waals surface area contributed by atoms with Crippen molar-refractivity contribution < 1.29 is 14.4 Å². The maximum absolute atomic E-state index is 12.4. The molecule has 2 fully saturated rings. The normalized spacial score (nSPS) is 18.5. The van der Waals surface area contributed by atoms with E-state index in [2.05, 4.69) is 5.32 Å². The third kappa shape index (κ3) is 4.17. The number of para-hydroxylation sites is 2. The number of benzene rings is 1. The average molecular weight is 344 g/mol. The van der Waals surface area contributed by atoms with E-state index in [0.29, 0.717) is 44.8 Å². The molecule has 1 aromatic carbocycles. The van der Waals surface area contributed by atoms with Crippen LogP contribution in [0, 0.1) is 0 Å². The van der Waals surface area contributed by atoms with Gasteiger partial charge in [0, 0.05) is 46.1 Å². The molecule has 3 rings (SSSR count). The van der Waals surface area contributed by atoms with Gasteiger partial charge in [-0.25, -0.2) is 0 Å². The van der Waals surface area contributed by atoms with Crippen LogP contribution >= 0.6 is 0 Å². The molecule has 0 atom stereocenters. The van der Waals surface area contributed by atoms with Crippen molar-refractivity contribution in [1.29, 1.82) is 0 Å². The Hall–Kier alpha value is -2.41. The Bertz CT molecular complexity index is 668. The lowest BCUT2D eigenvalue weighted by molar-refractivity contribution is -0.130.